The van der Waals surface area contributed by atoms with Crippen molar-refractivity contribution < 1.29 is 9.66 Å². The van der Waals surface area contributed by atoms with Crippen LogP contribution < -0.4 is 10.2 Å². The summed E-state index contributed by atoms with van der Waals surface area (Å²) in [4.78, 5) is 10.3. The summed E-state index contributed by atoms with van der Waals surface area (Å²) in [5.74, 6) is 0.813. The van der Waals surface area contributed by atoms with Gasteiger partial charge in [-0.2, -0.15) is 5.10 Å². The summed E-state index contributed by atoms with van der Waals surface area (Å²) in [6.07, 6.45) is 0.686. The standard InChI is InChI=1S/C16H17N3O3/c1-12(10-13-6-8-16(22-2)9-7-13)17-18-14-4-3-5-15(11-14)19(20)21/h3-9,11,18H,10H2,1-2H3/b17-12-. The van der Waals surface area contributed by atoms with E-state index in [-0.39, 0.29) is 5.69 Å². The highest BCUT2D eigenvalue weighted by molar-refractivity contribution is 5.84. The number of benzene rings is 2. The summed E-state index contributed by atoms with van der Waals surface area (Å²) in [7, 11) is 1.63. The first-order chi connectivity index (χ1) is 10.6. The monoisotopic (exact) mass is 299 g/mol. The predicted octanol–water partition coefficient (Wildman–Crippen LogP) is 3.63. The van der Waals surface area contributed by atoms with Gasteiger partial charge in [-0.1, -0.05) is 18.2 Å². The molecule has 22 heavy (non-hydrogen) atoms. The molecule has 0 spiro atoms. The van der Waals surface area contributed by atoms with Crippen molar-refractivity contribution in [2.24, 2.45) is 5.10 Å². The Balaban J connectivity index is 1.99. The molecule has 0 aliphatic heterocycles. The third kappa shape index (κ3) is 4.31. The van der Waals surface area contributed by atoms with Gasteiger partial charge in [0.05, 0.1) is 17.7 Å². The molecule has 0 saturated heterocycles. The molecule has 0 unspecified atom stereocenters. The van der Waals surface area contributed by atoms with Crippen molar-refractivity contribution in [3.8, 4) is 5.75 Å². The van der Waals surface area contributed by atoms with Gasteiger partial charge < -0.3 is 4.74 Å². The van der Waals surface area contributed by atoms with Gasteiger partial charge in [-0.05, 0) is 30.7 Å². The Hall–Kier alpha value is -2.89. The quantitative estimate of drug-likeness (QED) is 0.502. The van der Waals surface area contributed by atoms with Gasteiger partial charge in [-0.25, -0.2) is 0 Å². The van der Waals surface area contributed by atoms with Crippen LogP contribution in [0.2, 0.25) is 0 Å². The third-order valence-electron chi connectivity index (χ3n) is 3.05. The van der Waals surface area contributed by atoms with E-state index in [4.69, 9.17) is 4.74 Å². The Morgan fingerprint density at radius 2 is 2.00 bits per heavy atom. The fourth-order valence-corrected chi connectivity index (χ4v) is 1.93. The molecule has 114 valence electrons. The van der Waals surface area contributed by atoms with E-state index in [0.29, 0.717) is 12.1 Å². The molecule has 0 aromatic heterocycles. The van der Waals surface area contributed by atoms with Gasteiger partial charge in [0.15, 0.2) is 0 Å². The number of anilines is 1. The summed E-state index contributed by atoms with van der Waals surface area (Å²) < 4.78 is 5.11. The Morgan fingerprint density at radius 1 is 1.27 bits per heavy atom. The Kier molecular flexibility index (Phi) is 5.08. The first-order valence-corrected chi connectivity index (χ1v) is 6.75. The van der Waals surface area contributed by atoms with Gasteiger partial charge in [0, 0.05) is 24.3 Å². The summed E-state index contributed by atoms with van der Waals surface area (Å²) in [6, 6.07) is 14.0. The van der Waals surface area contributed by atoms with Crippen LogP contribution in [-0.2, 0) is 6.42 Å². The number of nitrogens with one attached hydrogen (secondary N) is 1. The second-order valence-electron chi connectivity index (χ2n) is 4.79. The van der Waals surface area contributed by atoms with Gasteiger partial charge in [0.25, 0.3) is 5.69 Å². The normalized spacial score (nSPS) is 11.1. The van der Waals surface area contributed by atoms with E-state index >= 15 is 0 Å². The lowest BCUT2D eigenvalue weighted by atomic mass is 10.1. The number of non-ortho nitro benzene ring substituents is 1. The molecule has 0 amide bonds. The van der Waals surface area contributed by atoms with Gasteiger partial charge in [-0.3, -0.25) is 15.5 Å². The minimum Gasteiger partial charge on any atom is -0.497 e. The molecule has 0 bridgehead atoms. The molecule has 2 rings (SSSR count). The number of nitro groups is 1. The molecule has 0 aliphatic rings. The van der Waals surface area contributed by atoms with Gasteiger partial charge in [0.2, 0.25) is 0 Å². The summed E-state index contributed by atoms with van der Waals surface area (Å²) in [5, 5.41) is 15.0. The molecular formula is C16H17N3O3. The average molecular weight is 299 g/mol. The average Bonchev–Trinajstić information content (AvgIpc) is 2.54. The largest absolute Gasteiger partial charge is 0.497 e. The molecule has 1 N–H and O–H groups in total. The molecule has 6 nitrogen and oxygen atoms in total. The van der Waals surface area contributed by atoms with E-state index in [1.807, 2.05) is 31.2 Å². The highest BCUT2D eigenvalue weighted by Crippen LogP contribution is 2.17. The first kappa shape index (κ1) is 15.5. The van der Waals surface area contributed by atoms with Gasteiger partial charge >= 0.3 is 0 Å². The zero-order valence-corrected chi connectivity index (χ0v) is 12.4. The smallest absolute Gasteiger partial charge is 0.271 e. The van der Waals surface area contributed by atoms with E-state index in [9.17, 15) is 10.1 Å². The SMILES string of the molecule is COc1ccc(C/C(C)=N\Nc2cccc([N+](=O)[O-])c2)cc1. The lowest BCUT2D eigenvalue weighted by Gasteiger charge is -2.05. The Bertz CT molecular complexity index is 681. The van der Waals surface area contributed by atoms with E-state index in [1.54, 1.807) is 19.2 Å². The fourth-order valence-electron chi connectivity index (χ4n) is 1.93. The minimum absolute atomic E-state index is 0.0352. The molecule has 2 aromatic carbocycles. The van der Waals surface area contributed by atoms with Crippen LogP contribution in [0.25, 0.3) is 0 Å². The number of nitro benzene ring substituents is 1. The van der Waals surface area contributed by atoms with Crippen molar-refractivity contribution in [2.45, 2.75) is 13.3 Å². The van der Waals surface area contributed by atoms with Crippen molar-refractivity contribution in [3.05, 3.63) is 64.2 Å². The van der Waals surface area contributed by atoms with Crippen LogP contribution in [0.4, 0.5) is 11.4 Å². The molecule has 0 atom stereocenters. The van der Waals surface area contributed by atoms with Crippen LogP contribution in [0.15, 0.2) is 53.6 Å². The third-order valence-corrected chi connectivity index (χ3v) is 3.05. The molecule has 0 heterocycles. The van der Waals surface area contributed by atoms with Crippen LogP contribution >= 0.6 is 0 Å². The molecule has 0 fully saturated rings. The maximum absolute atomic E-state index is 10.7. The van der Waals surface area contributed by atoms with E-state index < -0.39 is 4.92 Å². The lowest BCUT2D eigenvalue weighted by Crippen LogP contribution is -2.02. The fraction of sp³-hybridized carbons (Fsp3) is 0.188. The predicted molar refractivity (Wildman–Crippen MR) is 86.5 cm³/mol. The van der Waals surface area contributed by atoms with Crippen molar-refractivity contribution in [2.75, 3.05) is 12.5 Å². The molecule has 0 radical (unpaired) electrons. The summed E-state index contributed by atoms with van der Waals surface area (Å²) in [5.41, 5.74) is 5.45. The van der Waals surface area contributed by atoms with Crippen molar-refractivity contribution in [1.82, 2.24) is 0 Å². The van der Waals surface area contributed by atoms with Crippen molar-refractivity contribution in [3.63, 3.8) is 0 Å². The first-order valence-electron chi connectivity index (χ1n) is 6.75. The Morgan fingerprint density at radius 3 is 2.64 bits per heavy atom. The zero-order valence-electron chi connectivity index (χ0n) is 12.4. The Labute approximate surface area is 128 Å². The molecule has 2 aromatic rings. The van der Waals surface area contributed by atoms with Crippen LogP contribution in [0, 0.1) is 10.1 Å². The number of hydrogen-bond acceptors (Lipinski definition) is 5. The highest BCUT2D eigenvalue weighted by Gasteiger charge is 2.05. The van der Waals surface area contributed by atoms with Gasteiger partial charge in [0.1, 0.15) is 5.75 Å². The topological polar surface area (TPSA) is 76.8 Å². The van der Waals surface area contributed by atoms with E-state index in [2.05, 4.69) is 10.5 Å². The number of hydrazone groups is 1. The van der Waals surface area contributed by atoms with Gasteiger partial charge in [-0.15, -0.1) is 0 Å². The number of methoxy groups -OCH3 is 1. The van der Waals surface area contributed by atoms with E-state index in [0.717, 1.165) is 17.0 Å². The van der Waals surface area contributed by atoms with Crippen molar-refractivity contribution in [1.29, 1.82) is 0 Å². The molecule has 0 aliphatic carbocycles. The number of rotatable bonds is 6. The number of nitrogens with zero attached hydrogens (tertiary/aromatic N) is 2. The van der Waals surface area contributed by atoms with Crippen LogP contribution in [0.5, 0.6) is 5.75 Å². The molecule has 6 heteroatoms. The zero-order chi connectivity index (χ0) is 15.9. The second-order valence-corrected chi connectivity index (χ2v) is 4.79. The second kappa shape index (κ2) is 7.21. The van der Waals surface area contributed by atoms with Crippen LogP contribution in [0.3, 0.4) is 0 Å². The maximum Gasteiger partial charge on any atom is 0.271 e. The summed E-state index contributed by atoms with van der Waals surface area (Å²) >= 11 is 0. The van der Waals surface area contributed by atoms with Crippen LogP contribution in [-0.4, -0.2) is 17.7 Å². The van der Waals surface area contributed by atoms with Crippen LogP contribution in [0.1, 0.15) is 12.5 Å². The lowest BCUT2D eigenvalue weighted by molar-refractivity contribution is -0.384. The summed E-state index contributed by atoms with van der Waals surface area (Å²) in [6.45, 7) is 1.90. The maximum atomic E-state index is 10.7. The number of hydrogen-bond donors (Lipinski definition) is 1. The van der Waals surface area contributed by atoms with E-state index in [1.165, 1.54) is 12.1 Å². The molecule has 0 saturated carbocycles. The number of ether oxygens (including phenoxy) is 1. The highest BCUT2D eigenvalue weighted by atomic mass is 16.6. The molecular weight excluding hydrogens is 282 g/mol. The van der Waals surface area contributed by atoms with Crippen molar-refractivity contribution >= 4 is 17.1 Å². The minimum atomic E-state index is -0.431.